The Kier molecular flexibility index (Phi) is 3.69. The summed E-state index contributed by atoms with van der Waals surface area (Å²) >= 11 is 0. The zero-order chi connectivity index (χ0) is 14.7. The van der Waals surface area contributed by atoms with Gasteiger partial charge in [0.2, 0.25) is 0 Å². The van der Waals surface area contributed by atoms with E-state index in [4.69, 9.17) is 0 Å². The molecule has 0 fully saturated rings. The fourth-order valence-corrected chi connectivity index (χ4v) is 1.68. The largest absolute Gasteiger partial charge is 0.504 e. The Morgan fingerprint density at radius 3 is 2.55 bits per heavy atom. The van der Waals surface area contributed by atoms with Crippen LogP contribution in [0.3, 0.4) is 0 Å². The van der Waals surface area contributed by atoms with Gasteiger partial charge in [0.15, 0.2) is 11.5 Å². The Bertz CT molecular complexity index is 661. The molecule has 2 aromatic carbocycles. The van der Waals surface area contributed by atoms with Crippen LogP contribution in [0.5, 0.6) is 11.5 Å². The molecule has 0 aliphatic rings. The van der Waals surface area contributed by atoms with Crippen LogP contribution in [-0.2, 0) is 6.54 Å². The maximum Gasteiger partial charge on any atom is 0.295 e. The molecule has 0 saturated heterocycles. The number of rotatable bonds is 4. The number of phenolic OH excluding ortho intramolecular Hbond substituents is 2. The second-order valence-electron chi connectivity index (χ2n) is 4.10. The van der Waals surface area contributed by atoms with E-state index >= 15 is 0 Å². The number of anilines is 1. The third kappa shape index (κ3) is 2.94. The molecule has 0 aromatic heterocycles. The van der Waals surface area contributed by atoms with Crippen LogP contribution in [0, 0.1) is 15.9 Å². The van der Waals surface area contributed by atoms with Gasteiger partial charge in [-0.25, -0.2) is 4.39 Å². The molecule has 6 nitrogen and oxygen atoms in total. The third-order valence-corrected chi connectivity index (χ3v) is 2.68. The van der Waals surface area contributed by atoms with Crippen LogP contribution in [0.1, 0.15) is 5.56 Å². The SMILES string of the molecule is O=[N+]([O-])c1cc(F)ccc1NCc1ccc(O)c(O)c1. The minimum Gasteiger partial charge on any atom is -0.504 e. The average Bonchev–Trinajstić information content (AvgIpc) is 2.41. The van der Waals surface area contributed by atoms with Crippen molar-refractivity contribution in [3.05, 3.63) is 57.9 Å². The highest BCUT2D eigenvalue weighted by Crippen LogP contribution is 2.28. The number of phenols is 2. The lowest BCUT2D eigenvalue weighted by Crippen LogP contribution is -2.03. The molecular weight excluding hydrogens is 267 g/mol. The summed E-state index contributed by atoms with van der Waals surface area (Å²) in [4.78, 5) is 10.1. The molecule has 2 aromatic rings. The number of benzene rings is 2. The molecule has 7 heteroatoms. The van der Waals surface area contributed by atoms with E-state index in [1.54, 1.807) is 6.07 Å². The first kappa shape index (κ1) is 13.6. The lowest BCUT2D eigenvalue weighted by Gasteiger charge is -2.08. The van der Waals surface area contributed by atoms with Crippen molar-refractivity contribution in [3.8, 4) is 11.5 Å². The molecular formula is C13H11FN2O4. The molecule has 0 radical (unpaired) electrons. The number of nitrogens with one attached hydrogen (secondary N) is 1. The second kappa shape index (κ2) is 5.43. The first-order valence-corrected chi connectivity index (χ1v) is 5.66. The third-order valence-electron chi connectivity index (χ3n) is 2.68. The summed E-state index contributed by atoms with van der Waals surface area (Å²) in [6, 6.07) is 7.41. The minimum absolute atomic E-state index is 0.170. The van der Waals surface area contributed by atoms with Gasteiger partial charge in [0, 0.05) is 6.54 Å². The zero-order valence-corrected chi connectivity index (χ0v) is 10.2. The predicted molar refractivity (Wildman–Crippen MR) is 70.2 cm³/mol. The summed E-state index contributed by atoms with van der Waals surface area (Å²) in [5.41, 5.74) is 0.413. The summed E-state index contributed by atoms with van der Waals surface area (Å²) in [6.45, 7) is 0.181. The summed E-state index contributed by atoms with van der Waals surface area (Å²) in [6.07, 6.45) is 0. The van der Waals surface area contributed by atoms with Crippen LogP contribution in [0.2, 0.25) is 0 Å². The number of halogens is 1. The number of aromatic hydroxyl groups is 2. The van der Waals surface area contributed by atoms with Crippen molar-refractivity contribution in [3.63, 3.8) is 0 Å². The van der Waals surface area contributed by atoms with Gasteiger partial charge in [-0.05, 0) is 29.8 Å². The lowest BCUT2D eigenvalue weighted by molar-refractivity contribution is -0.384. The number of nitro groups is 1. The molecule has 0 heterocycles. The Balaban J connectivity index is 2.18. The Hall–Kier alpha value is -2.83. The van der Waals surface area contributed by atoms with E-state index in [-0.39, 0.29) is 29.4 Å². The molecule has 2 rings (SSSR count). The molecule has 0 aliphatic heterocycles. The maximum atomic E-state index is 13.0. The fraction of sp³-hybridized carbons (Fsp3) is 0.0769. The van der Waals surface area contributed by atoms with Crippen molar-refractivity contribution in [1.29, 1.82) is 0 Å². The summed E-state index contributed by atoms with van der Waals surface area (Å²) in [5.74, 6) is -1.22. The molecule has 0 spiro atoms. The van der Waals surface area contributed by atoms with Crippen LogP contribution in [-0.4, -0.2) is 15.1 Å². The molecule has 0 amide bonds. The van der Waals surface area contributed by atoms with Crippen molar-refractivity contribution in [2.24, 2.45) is 0 Å². The minimum atomic E-state index is -0.690. The molecule has 0 bridgehead atoms. The highest BCUT2D eigenvalue weighted by atomic mass is 19.1. The van der Waals surface area contributed by atoms with Gasteiger partial charge in [-0.1, -0.05) is 6.07 Å². The van der Waals surface area contributed by atoms with Gasteiger partial charge in [-0.3, -0.25) is 10.1 Å². The van der Waals surface area contributed by atoms with Crippen LogP contribution >= 0.6 is 0 Å². The second-order valence-corrected chi connectivity index (χ2v) is 4.10. The van der Waals surface area contributed by atoms with Gasteiger partial charge in [0.05, 0.1) is 11.0 Å². The fourth-order valence-electron chi connectivity index (χ4n) is 1.68. The highest BCUT2D eigenvalue weighted by Gasteiger charge is 2.14. The highest BCUT2D eigenvalue weighted by molar-refractivity contribution is 5.61. The van der Waals surface area contributed by atoms with Gasteiger partial charge in [0.25, 0.3) is 5.69 Å². The van der Waals surface area contributed by atoms with E-state index < -0.39 is 10.7 Å². The van der Waals surface area contributed by atoms with Gasteiger partial charge in [0.1, 0.15) is 11.5 Å². The standard InChI is InChI=1S/C13H11FN2O4/c14-9-2-3-10(11(6-9)16(19)20)15-7-8-1-4-12(17)13(18)5-8/h1-6,15,17-18H,7H2. The van der Waals surface area contributed by atoms with E-state index in [2.05, 4.69) is 5.32 Å². The van der Waals surface area contributed by atoms with E-state index in [1.807, 2.05) is 0 Å². The quantitative estimate of drug-likeness (QED) is 0.454. The van der Waals surface area contributed by atoms with Gasteiger partial charge in [-0.2, -0.15) is 0 Å². The molecule has 0 aliphatic carbocycles. The van der Waals surface area contributed by atoms with Crippen LogP contribution < -0.4 is 5.32 Å². The van der Waals surface area contributed by atoms with Crippen LogP contribution in [0.25, 0.3) is 0 Å². The summed E-state index contributed by atoms with van der Waals surface area (Å²) in [7, 11) is 0. The topological polar surface area (TPSA) is 95.6 Å². The first-order chi connectivity index (χ1) is 9.47. The molecule has 0 atom stereocenters. The molecule has 104 valence electrons. The van der Waals surface area contributed by atoms with Crippen molar-refractivity contribution in [2.45, 2.75) is 6.54 Å². The van der Waals surface area contributed by atoms with Crippen molar-refractivity contribution < 1.29 is 19.5 Å². The Morgan fingerprint density at radius 1 is 1.15 bits per heavy atom. The van der Waals surface area contributed by atoms with E-state index in [0.29, 0.717) is 5.56 Å². The molecule has 0 saturated carbocycles. The molecule has 0 unspecified atom stereocenters. The number of nitro benzene ring substituents is 1. The summed E-state index contributed by atoms with van der Waals surface area (Å²) in [5, 5.41) is 32.1. The van der Waals surface area contributed by atoms with Gasteiger partial charge >= 0.3 is 0 Å². The normalized spacial score (nSPS) is 10.2. The zero-order valence-electron chi connectivity index (χ0n) is 10.2. The smallest absolute Gasteiger partial charge is 0.295 e. The van der Waals surface area contributed by atoms with E-state index in [9.17, 15) is 24.7 Å². The van der Waals surface area contributed by atoms with Crippen molar-refractivity contribution >= 4 is 11.4 Å². The van der Waals surface area contributed by atoms with Gasteiger partial charge in [-0.15, -0.1) is 0 Å². The number of hydrogen-bond acceptors (Lipinski definition) is 5. The van der Waals surface area contributed by atoms with Crippen molar-refractivity contribution in [1.82, 2.24) is 0 Å². The van der Waals surface area contributed by atoms with Crippen molar-refractivity contribution in [2.75, 3.05) is 5.32 Å². The molecule has 3 N–H and O–H groups in total. The predicted octanol–water partition coefficient (Wildman–Crippen LogP) is 2.76. The van der Waals surface area contributed by atoms with Crippen LogP contribution in [0.4, 0.5) is 15.8 Å². The van der Waals surface area contributed by atoms with E-state index in [1.165, 1.54) is 18.2 Å². The monoisotopic (exact) mass is 278 g/mol. The van der Waals surface area contributed by atoms with E-state index in [0.717, 1.165) is 12.1 Å². The first-order valence-electron chi connectivity index (χ1n) is 5.66. The average molecular weight is 278 g/mol. The number of hydrogen-bond donors (Lipinski definition) is 3. The molecule has 20 heavy (non-hydrogen) atoms. The Labute approximate surface area is 113 Å². The van der Waals surface area contributed by atoms with Crippen LogP contribution in [0.15, 0.2) is 36.4 Å². The van der Waals surface area contributed by atoms with Gasteiger partial charge < -0.3 is 15.5 Å². The number of nitrogens with zero attached hydrogens (tertiary/aromatic N) is 1. The lowest BCUT2D eigenvalue weighted by atomic mass is 10.2. The maximum absolute atomic E-state index is 13.0. The Morgan fingerprint density at radius 2 is 1.90 bits per heavy atom. The summed E-state index contributed by atoms with van der Waals surface area (Å²) < 4.78 is 13.0.